The quantitative estimate of drug-likeness (QED) is 0.602. The monoisotopic (exact) mass is 382 g/mol. The van der Waals surface area contributed by atoms with Crippen molar-refractivity contribution in [1.82, 2.24) is 0 Å². The van der Waals surface area contributed by atoms with Gasteiger partial charge in [0.25, 0.3) is 0 Å². The molecule has 0 spiro atoms. The summed E-state index contributed by atoms with van der Waals surface area (Å²) >= 11 is 0. The first-order valence-corrected chi connectivity index (χ1v) is 9.53. The summed E-state index contributed by atoms with van der Waals surface area (Å²) in [4.78, 5) is 0.278. The van der Waals surface area contributed by atoms with Gasteiger partial charge in [-0.15, -0.1) is 0 Å². The van der Waals surface area contributed by atoms with Crippen molar-refractivity contribution in [3.63, 3.8) is 0 Å². The van der Waals surface area contributed by atoms with Crippen LogP contribution in [0.2, 0.25) is 0 Å². The molecule has 1 atom stereocenters. The number of hydrogen-bond acceptors (Lipinski definition) is 7. The molecule has 0 aliphatic rings. The summed E-state index contributed by atoms with van der Waals surface area (Å²) in [6.07, 6.45) is -0.559. The molecule has 142 valence electrons. The largest absolute Gasteiger partial charge is 0.491 e. The Kier molecular flexibility index (Phi) is 7.40. The number of benzene rings is 2. The van der Waals surface area contributed by atoms with Crippen LogP contribution in [0.4, 0.5) is 0 Å². The van der Waals surface area contributed by atoms with Crippen molar-refractivity contribution in [3.05, 3.63) is 48.5 Å². The minimum absolute atomic E-state index is 0.102. The van der Waals surface area contributed by atoms with E-state index in [1.165, 1.54) is 24.3 Å². The second-order valence-corrected chi connectivity index (χ2v) is 7.25. The van der Waals surface area contributed by atoms with Gasteiger partial charge in [0.05, 0.1) is 29.6 Å². The van der Waals surface area contributed by atoms with Crippen LogP contribution in [0, 0.1) is 0 Å². The lowest BCUT2D eigenvalue weighted by Crippen LogP contribution is -2.18. The Hall–Kier alpha value is -2.13. The van der Waals surface area contributed by atoms with E-state index in [1.54, 1.807) is 31.2 Å². The van der Waals surface area contributed by atoms with E-state index >= 15 is 0 Å². The molecule has 2 aromatic carbocycles. The number of rotatable bonds is 10. The average molecular weight is 382 g/mol. The molecule has 0 radical (unpaired) electrons. The number of aliphatic hydroxyl groups excluding tert-OH is 2. The molecule has 26 heavy (non-hydrogen) atoms. The maximum atomic E-state index is 12.7. The van der Waals surface area contributed by atoms with Crippen LogP contribution >= 0.6 is 0 Å². The second kappa shape index (κ2) is 9.54. The molecule has 1 unspecified atom stereocenters. The predicted octanol–water partition coefficient (Wildman–Crippen LogP) is 1.62. The van der Waals surface area contributed by atoms with Crippen molar-refractivity contribution >= 4 is 9.84 Å². The average Bonchev–Trinajstić information content (AvgIpc) is 2.65. The summed E-state index contributed by atoms with van der Waals surface area (Å²) in [6, 6.07) is 12.0. The zero-order chi connectivity index (χ0) is 19.0. The first-order valence-electron chi connectivity index (χ1n) is 8.05. The molecule has 0 fully saturated rings. The van der Waals surface area contributed by atoms with Gasteiger partial charge >= 0.3 is 0 Å². The summed E-state index contributed by atoms with van der Waals surface area (Å²) in [5, 5.41) is 17.4. The van der Waals surface area contributed by atoms with Crippen molar-refractivity contribution in [3.8, 4) is 11.5 Å². The molecule has 2 N–H and O–H groups in total. The second-order valence-electron chi connectivity index (χ2n) is 5.30. The SMILES string of the molecule is CC(OCCO)Oc1ccc(S(=O)(=O)c2ccc(OCCO)cc2)cc1. The van der Waals surface area contributed by atoms with Crippen molar-refractivity contribution < 1.29 is 32.8 Å². The lowest BCUT2D eigenvalue weighted by molar-refractivity contribution is -0.0760. The third-order valence-corrected chi connectivity index (χ3v) is 5.16. The summed E-state index contributed by atoms with van der Waals surface area (Å²) in [5.74, 6) is 0.945. The Morgan fingerprint density at radius 2 is 1.35 bits per heavy atom. The Balaban J connectivity index is 2.09. The smallest absolute Gasteiger partial charge is 0.206 e. The van der Waals surface area contributed by atoms with E-state index in [9.17, 15) is 8.42 Å². The van der Waals surface area contributed by atoms with Gasteiger partial charge in [-0.05, 0) is 55.5 Å². The van der Waals surface area contributed by atoms with Crippen molar-refractivity contribution in [2.24, 2.45) is 0 Å². The lowest BCUT2D eigenvalue weighted by atomic mass is 10.3. The topological polar surface area (TPSA) is 102 Å². The minimum Gasteiger partial charge on any atom is -0.491 e. The van der Waals surface area contributed by atoms with Crippen LogP contribution < -0.4 is 9.47 Å². The van der Waals surface area contributed by atoms with E-state index in [-0.39, 0.29) is 36.2 Å². The van der Waals surface area contributed by atoms with Gasteiger partial charge in [-0.2, -0.15) is 0 Å². The highest BCUT2D eigenvalue weighted by molar-refractivity contribution is 7.91. The lowest BCUT2D eigenvalue weighted by Gasteiger charge is -2.15. The molecule has 7 nitrogen and oxygen atoms in total. The van der Waals surface area contributed by atoms with Crippen molar-refractivity contribution in [1.29, 1.82) is 0 Å². The van der Waals surface area contributed by atoms with E-state index in [0.29, 0.717) is 11.5 Å². The highest BCUT2D eigenvalue weighted by Gasteiger charge is 2.18. The third kappa shape index (κ3) is 5.43. The van der Waals surface area contributed by atoms with Crippen LogP contribution in [0.1, 0.15) is 6.92 Å². The molecule has 0 aromatic heterocycles. The fraction of sp³-hybridized carbons (Fsp3) is 0.333. The first kappa shape index (κ1) is 20.2. The van der Waals surface area contributed by atoms with E-state index in [1.807, 2.05) is 0 Å². The first-order chi connectivity index (χ1) is 12.5. The number of hydrogen-bond donors (Lipinski definition) is 2. The molecule has 0 heterocycles. The highest BCUT2D eigenvalue weighted by atomic mass is 32.2. The van der Waals surface area contributed by atoms with E-state index in [2.05, 4.69) is 0 Å². The molecule has 0 saturated heterocycles. The number of aliphatic hydroxyl groups is 2. The molecule has 0 saturated carbocycles. The maximum absolute atomic E-state index is 12.7. The number of sulfone groups is 1. The maximum Gasteiger partial charge on any atom is 0.206 e. The summed E-state index contributed by atoms with van der Waals surface area (Å²) in [6.45, 7) is 1.77. The fourth-order valence-corrected chi connectivity index (χ4v) is 3.42. The molecular weight excluding hydrogens is 360 g/mol. The highest BCUT2D eigenvalue weighted by Crippen LogP contribution is 2.25. The molecule has 0 bridgehead atoms. The standard InChI is InChI=1S/C18H22O7S/c1-14(23-12-10-19)25-16-4-8-18(9-5-16)26(21,22)17-6-2-15(3-7-17)24-13-11-20/h2-9,14,19-20H,10-13H2,1H3. The van der Waals surface area contributed by atoms with Gasteiger partial charge in [-0.3, -0.25) is 0 Å². The van der Waals surface area contributed by atoms with Crippen LogP contribution in [-0.2, 0) is 14.6 Å². The fourth-order valence-electron chi connectivity index (χ4n) is 2.16. The molecule has 0 aliphatic carbocycles. The van der Waals surface area contributed by atoms with Crippen LogP contribution in [0.3, 0.4) is 0 Å². The van der Waals surface area contributed by atoms with Gasteiger partial charge in [0.15, 0.2) is 6.29 Å². The Bertz CT molecular complexity index is 770. The van der Waals surface area contributed by atoms with Gasteiger partial charge < -0.3 is 24.4 Å². The van der Waals surface area contributed by atoms with E-state index in [0.717, 1.165) is 0 Å². The van der Waals surface area contributed by atoms with Crippen LogP contribution in [-0.4, -0.2) is 51.3 Å². The summed E-state index contributed by atoms with van der Waals surface area (Å²) in [7, 11) is -3.66. The Morgan fingerprint density at radius 1 is 0.846 bits per heavy atom. The van der Waals surface area contributed by atoms with Crippen molar-refractivity contribution in [2.75, 3.05) is 26.4 Å². The normalized spacial score (nSPS) is 12.6. The molecule has 2 rings (SSSR count). The Labute approximate surface area is 152 Å². The van der Waals surface area contributed by atoms with Gasteiger partial charge in [-0.1, -0.05) is 0 Å². The Morgan fingerprint density at radius 3 is 1.85 bits per heavy atom. The predicted molar refractivity (Wildman–Crippen MR) is 94.0 cm³/mol. The van der Waals surface area contributed by atoms with Crippen molar-refractivity contribution in [2.45, 2.75) is 23.0 Å². The van der Waals surface area contributed by atoms with Gasteiger partial charge in [0.1, 0.15) is 18.1 Å². The van der Waals surface area contributed by atoms with Crippen LogP contribution in [0.15, 0.2) is 58.3 Å². The molecular formula is C18H22O7S. The summed E-state index contributed by atoms with van der Waals surface area (Å²) < 4.78 is 41.2. The van der Waals surface area contributed by atoms with Gasteiger partial charge in [0, 0.05) is 0 Å². The summed E-state index contributed by atoms with van der Waals surface area (Å²) in [5.41, 5.74) is 0. The molecule has 8 heteroatoms. The minimum atomic E-state index is -3.66. The van der Waals surface area contributed by atoms with Crippen LogP contribution in [0.5, 0.6) is 11.5 Å². The van der Waals surface area contributed by atoms with E-state index < -0.39 is 16.1 Å². The van der Waals surface area contributed by atoms with E-state index in [4.69, 9.17) is 24.4 Å². The third-order valence-electron chi connectivity index (χ3n) is 3.37. The molecule has 0 aliphatic heterocycles. The molecule has 0 amide bonds. The number of ether oxygens (including phenoxy) is 3. The van der Waals surface area contributed by atoms with Crippen LogP contribution in [0.25, 0.3) is 0 Å². The zero-order valence-corrected chi connectivity index (χ0v) is 15.2. The van der Waals surface area contributed by atoms with Gasteiger partial charge in [0.2, 0.25) is 9.84 Å². The van der Waals surface area contributed by atoms with Gasteiger partial charge in [-0.25, -0.2) is 8.42 Å². The molecule has 2 aromatic rings. The zero-order valence-electron chi connectivity index (χ0n) is 14.4.